The highest BCUT2D eigenvalue weighted by molar-refractivity contribution is 7.11. The third kappa shape index (κ3) is 3.21. The molecule has 0 saturated heterocycles. The second kappa shape index (κ2) is 6.16. The van der Waals surface area contributed by atoms with E-state index in [0.717, 1.165) is 26.1 Å². The number of hydrogen-bond donors (Lipinski definition) is 1. The predicted molar refractivity (Wildman–Crippen MR) is 76.9 cm³/mol. The largest absolute Gasteiger partial charge is 0.306 e. The molecule has 98 valence electrons. The average molecular weight is 263 g/mol. The van der Waals surface area contributed by atoms with Gasteiger partial charge in [-0.15, -0.1) is 11.3 Å². The van der Waals surface area contributed by atoms with Crippen molar-refractivity contribution in [1.82, 2.24) is 15.1 Å². The first-order valence-electron chi connectivity index (χ1n) is 6.54. The van der Waals surface area contributed by atoms with E-state index < -0.39 is 0 Å². The van der Waals surface area contributed by atoms with Crippen LogP contribution in [0.25, 0.3) is 0 Å². The van der Waals surface area contributed by atoms with Crippen molar-refractivity contribution in [2.24, 2.45) is 0 Å². The zero-order valence-electron chi connectivity index (χ0n) is 11.4. The molecule has 0 bridgehead atoms. The molecule has 0 saturated carbocycles. The highest BCUT2D eigenvalue weighted by atomic mass is 32.1. The normalized spacial score (nSPS) is 11.1. The molecule has 0 amide bonds. The van der Waals surface area contributed by atoms with Gasteiger partial charge in [-0.3, -0.25) is 4.68 Å². The summed E-state index contributed by atoms with van der Waals surface area (Å²) in [6, 6.07) is 6.57. The summed E-state index contributed by atoms with van der Waals surface area (Å²) in [5.74, 6) is 0. The molecule has 2 aromatic heterocycles. The lowest BCUT2D eigenvalue weighted by Crippen LogP contribution is -2.15. The fourth-order valence-corrected chi connectivity index (χ4v) is 2.86. The fraction of sp³-hybridized carbons (Fsp3) is 0.500. The predicted octanol–water partition coefficient (Wildman–Crippen LogP) is 3.13. The lowest BCUT2D eigenvalue weighted by molar-refractivity contribution is 0.579. The van der Waals surface area contributed by atoms with Crippen LogP contribution in [0.3, 0.4) is 0 Å². The van der Waals surface area contributed by atoms with E-state index in [9.17, 15) is 0 Å². The first kappa shape index (κ1) is 13.3. The first-order valence-corrected chi connectivity index (χ1v) is 7.36. The molecule has 0 radical (unpaired) electrons. The lowest BCUT2D eigenvalue weighted by atomic mass is 10.3. The number of aryl methyl sites for hydroxylation is 3. The smallest absolute Gasteiger partial charge is 0.0625 e. The van der Waals surface area contributed by atoms with Gasteiger partial charge in [0.25, 0.3) is 0 Å². The van der Waals surface area contributed by atoms with Crippen LogP contribution in [0.1, 0.15) is 35.0 Å². The van der Waals surface area contributed by atoms with Crippen molar-refractivity contribution in [3.8, 4) is 0 Å². The van der Waals surface area contributed by atoms with E-state index in [1.54, 1.807) is 0 Å². The minimum atomic E-state index is 0.887. The molecule has 0 atom stereocenters. The Balaban J connectivity index is 1.91. The lowest BCUT2D eigenvalue weighted by Gasteiger charge is -2.05. The number of nitrogens with one attached hydrogen (secondary N) is 1. The van der Waals surface area contributed by atoms with Gasteiger partial charge >= 0.3 is 0 Å². The van der Waals surface area contributed by atoms with Gasteiger partial charge in [0, 0.05) is 29.4 Å². The van der Waals surface area contributed by atoms with Gasteiger partial charge in [0.1, 0.15) is 0 Å². The summed E-state index contributed by atoms with van der Waals surface area (Å²) >= 11 is 1.86. The third-order valence-electron chi connectivity index (χ3n) is 2.98. The standard InChI is InChI=1S/C14H21N3S/c1-4-12-8-13(17(5-2)16-12)9-15-10-14-7-6-11(3)18-14/h6-8,15H,4-5,9-10H2,1-3H3. The molecule has 0 aliphatic rings. The molecule has 18 heavy (non-hydrogen) atoms. The molecule has 0 unspecified atom stereocenters. The monoisotopic (exact) mass is 263 g/mol. The van der Waals surface area contributed by atoms with Crippen molar-refractivity contribution >= 4 is 11.3 Å². The van der Waals surface area contributed by atoms with Gasteiger partial charge in [0.15, 0.2) is 0 Å². The van der Waals surface area contributed by atoms with Crippen molar-refractivity contribution in [2.75, 3.05) is 0 Å². The number of hydrogen-bond acceptors (Lipinski definition) is 3. The minimum absolute atomic E-state index is 0.887. The van der Waals surface area contributed by atoms with Gasteiger partial charge in [-0.25, -0.2) is 0 Å². The van der Waals surface area contributed by atoms with E-state index in [-0.39, 0.29) is 0 Å². The molecule has 0 aliphatic heterocycles. The minimum Gasteiger partial charge on any atom is -0.306 e. The van der Waals surface area contributed by atoms with Crippen LogP contribution in [-0.2, 0) is 26.1 Å². The summed E-state index contributed by atoms with van der Waals surface area (Å²) in [5.41, 5.74) is 2.46. The zero-order valence-corrected chi connectivity index (χ0v) is 12.2. The summed E-state index contributed by atoms with van der Waals surface area (Å²) in [6.45, 7) is 9.20. The van der Waals surface area contributed by atoms with Gasteiger partial charge in [-0.1, -0.05) is 6.92 Å². The highest BCUT2D eigenvalue weighted by Crippen LogP contribution is 2.14. The number of nitrogens with zero attached hydrogens (tertiary/aromatic N) is 2. The van der Waals surface area contributed by atoms with E-state index in [1.807, 2.05) is 11.3 Å². The summed E-state index contributed by atoms with van der Waals surface area (Å²) < 4.78 is 2.09. The van der Waals surface area contributed by atoms with E-state index >= 15 is 0 Å². The van der Waals surface area contributed by atoms with Crippen molar-refractivity contribution in [2.45, 2.75) is 46.8 Å². The van der Waals surface area contributed by atoms with Gasteiger partial charge in [0.2, 0.25) is 0 Å². The maximum absolute atomic E-state index is 4.56. The van der Waals surface area contributed by atoms with Crippen LogP contribution in [0, 0.1) is 6.92 Å². The molecule has 2 rings (SSSR count). The highest BCUT2D eigenvalue weighted by Gasteiger charge is 2.05. The number of thiophene rings is 1. The Bertz CT molecular complexity index is 499. The second-order valence-corrected chi connectivity index (χ2v) is 5.78. The van der Waals surface area contributed by atoms with Gasteiger partial charge < -0.3 is 5.32 Å². The van der Waals surface area contributed by atoms with E-state index in [4.69, 9.17) is 0 Å². The van der Waals surface area contributed by atoms with Crippen LogP contribution in [-0.4, -0.2) is 9.78 Å². The van der Waals surface area contributed by atoms with E-state index in [1.165, 1.54) is 21.1 Å². The maximum atomic E-state index is 4.56. The molecule has 0 fully saturated rings. The molecule has 0 aliphatic carbocycles. The van der Waals surface area contributed by atoms with Crippen LogP contribution in [0.4, 0.5) is 0 Å². The molecule has 1 N–H and O–H groups in total. The molecular weight excluding hydrogens is 242 g/mol. The number of rotatable bonds is 6. The summed E-state index contributed by atoms with van der Waals surface area (Å²) in [6.07, 6.45) is 1.00. The summed E-state index contributed by atoms with van der Waals surface area (Å²) in [7, 11) is 0. The Labute approximate surface area is 113 Å². The zero-order chi connectivity index (χ0) is 13.0. The van der Waals surface area contributed by atoms with Crippen molar-refractivity contribution in [3.63, 3.8) is 0 Å². The van der Waals surface area contributed by atoms with E-state index in [0.29, 0.717) is 0 Å². The average Bonchev–Trinajstić information content (AvgIpc) is 2.95. The van der Waals surface area contributed by atoms with E-state index in [2.05, 4.69) is 54.1 Å². The maximum Gasteiger partial charge on any atom is 0.0625 e. The van der Waals surface area contributed by atoms with Gasteiger partial charge in [0.05, 0.1) is 11.4 Å². The molecule has 0 aromatic carbocycles. The molecule has 2 heterocycles. The number of aromatic nitrogens is 2. The third-order valence-corrected chi connectivity index (χ3v) is 3.98. The Morgan fingerprint density at radius 1 is 1.28 bits per heavy atom. The van der Waals surface area contributed by atoms with Crippen LogP contribution in [0.5, 0.6) is 0 Å². The molecular formula is C14H21N3S. The first-order chi connectivity index (χ1) is 8.72. The Morgan fingerprint density at radius 2 is 2.11 bits per heavy atom. The molecule has 3 nitrogen and oxygen atoms in total. The second-order valence-electron chi connectivity index (χ2n) is 4.41. The van der Waals surface area contributed by atoms with Crippen molar-refractivity contribution in [3.05, 3.63) is 39.3 Å². The van der Waals surface area contributed by atoms with Gasteiger partial charge in [-0.2, -0.15) is 5.10 Å². The van der Waals surface area contributed by atoms with Crippen LogP contribution in [0.2, 0.25) is 0 Å². The summed E-state index contributed by atoms with van der Waals surface area (Å²) in [5, 5.41) is 8.05. The van der Waals surface area contributed by atoms with Crippen LogP contribution in [0.15, 0.2) is 18.2 Å². The van der Waals surface area contributed by atoms with Crippen molar-refractivity contribution in [1.29, 1.82) is 0 Å². The van der Waals surface area contributed by atoms with Crippen molar-refractivity contribution < 1.29 is 0 Å². The van der Waals surface area contributed by atoms with Crippen LogP contribution >= 0.6 is 11.3 Å². The fourth-order valence-electron chi connectivity index (χ4n) is 2.00. The molecule has 4 heteroatoms. The Hall–Kier alpha value is -1.13. The quantitative estimate of drug-likeness (QED) is 0.868. The molecule has 2 aromatic rings. The Morgan fingerprint density at radius 3 is 2.72 bits per heavy atom. The topological polar surface area (TPSA) is 29.9 Å². The molecule has 0 spiro atoms. The Kier molecular flexibility index (Phi) is 4.55. The van der Waals surface area contributed by atoms with Gasteiger partial charge in [-0.05, 0) is 38.5 Å². The van der Waals surface area contributed by atoms with Crippen LogP contribution < -0.4 is 5.32 Å². The summed E-state index contributed by atoms with van der Waals surface area (Å²) in [4.78, 5) is 2.77. The SMILES string of the molecule is CCc1cc(CNCc2ccc(C)s2)n(CC)n1.